The van der Waals surface area contributed by atoms with Gasteiger partial charge in [-0.05, 0) is 11.4 Å². The van der Waals surface area contributed by atoms with Gasteiger partial charge in [-0.1, -0.05) is 6.07 Å². The second kappa shape index (κ2) is 3.46. The number of imidazole rings is 2. The molecule has 3 aromatic rings. The molecule has 0 unspecified atom stereocenters. The maximum Gasteiger partial charge on any atom is 0.354 e. The molecule has 3 rings (SSSR count). The third-order valence-corrected chi connectivity index (χ3v) is 3.52. The lowest BCUT2D eigenvalue weighted by Crippen LogP contribution is -2.04. The number of hydrogen-bond donors (Lipinski definition) is 1. The van der Waals surface area contributed by atoms with E-state index in [1.54, 1.807) is 33.5 Å². The molecule has 0 atom stereocenters. The summed E-state index contributed by atoms with van der Waals surface area (Å²) in [6.07, 6.45) is 3.41. The first-order valence-corrected chi connectivity index (χ1v) is 5.86. The molecule has 5 nitrogen and oxygen atoms in total. The third-order valence-electron chi connectivity index (χ3n) is 2.63. The Morgan fingerprint density at radius 3 is 2.88 bits per heavy atom. The monoisotopic (exact) mass is 247 g/mol. The number of carboxylic acids is 1. The van der Waals surface area contributed by atoms with Gasteiger partial charge < -0.3 is 9.67 Å². The van der Waals surface area contributed by atoms with Crippen molar-refractivity contribution < 1.29 is 9.90 Å². The first kappa shape index (κ1) is 10.1. The van der Waals surface area contributed by atoms with Crippen molar-refractivity contribution in [2.45, 2.75) is 0 Å². The van der Waals surface area contributed by atoms with Crippen molar-refractivity contribution >= 4 is 23.1 Å². The van der Waals surface area contributed by atoms with Crippen molar-refractivity contribution in [1.29, 1.82) is 0 Å². The number of aromatic nitrogens is 3. The fraction of sp³-hybridized carbons (Fsp3) is 0.0909. The van der Waals surface area contributed by atoms with Crippen LogP contribution < -0.4 is 0 Å². The van der Waals surface area contributed by atoms with E-state index >= 15 is 0 Å². The van der Waals surface area contributed by atoms with E-state index in [0.717, 1.165) is 10.6 Å². The second-order valence-electron chi connectivity index (χ2n) is 3.69. The highest BCUT2D eigenvalue weighted by Gasteiger charge is 2.15. The van der Waals surface area contributed by atoms with Crippen LogP contribution in [0.15, 0.2) is 29.9 Å². The summed E-state index contributed by atoms with van der Waals surface area (Å²) in [7, 11) is 1.70. The summed E-state index contributed by atoms with van der Waals surface area (Å²) in [6.45, 7) is 0. The minimum Gasteiger partial charge on any atom is -0.477 e. The zero-order chi connectivity index (χ0) is 12.0. The summed E-state index contributed by atoms with van der Waals surface area (Å²) in [4.78, 5) is 16.4. The first-order chi connectivity index (χ1) is 8.16. The van der Waals surface area contributed by atoms with Crippen LogP contribution in [0.4, 0.5) is 0 Å². The Morgan fingerprint density at radius 1 is 1.47 bits per heavy atom. The number of rotatable bonds is 2. The predicted molar refractivity (Wildman–Crippen MR) is 64.4 cm³/mol. The van der Waals surface area contributed by atoms with Crippen molar-refractivity contribution in [2.24, 2.45) is 7.05 Å². The maximum absolute atomic E-state index is 10.9. The number of nitrogens with zero attached hydrogens (tertiary/aromatic N) is 3. The molecule has 6 heteroatoms. The van der Waals surface area contributed by atoms with Crippen LogP contribution in [-0.2, 0) is 7.05 Å². The van der Waals surface area contributed by atoms with Gasteiger partial charge in [-0.25, -0.2) is 9.78 Å². The van der Waals surface area contributed by atoms with Crippen LogP contribution in [0.5, 0.6) is 0 Å². The zero-order valence-corrected chi connectivity index (χ0v) is 9.81. The summed E-state index contributed by atoms with van der Waals surface area (Å²) in [5.74, 6) is -0.318. The molecule has 0 spiro atoms. The lowest BCUT2D eigenvalue weighted by atomic mass is 10.4. The Kier molecular flexibility index (Phi) is 2.05. The minimum absolute atomic E-state index is 0.227. The van der Waals surface area contributed by atoms with Crippen molar-refractivity contribution in [3.05, 3.63) is 35.6 Å². The summed E-state index contributed by atoms with van der Waals surface area (Å²) in [5.41, 5.74) is 1.09. The molecular formula is C11H9N3O2S. The van der Waals surface area contributed by atoms with Gasteiger partial charge in [0.15, 0.2) is 0 Å². The fourth-order valence-electron chi connectivity index (χ4n) is 1.79. The van der Waals surface area contributed by atoms with Crippen LogP contribution in [0.2, 0.25) is 0 Å². The van der Waals surface area contributed by atoms with Gasteiger partial charge in [-0.2, -0.15) is 0 Å². The van der Waals surface area contributed by atoms with E-state index in [4.69, 9.17) is 5.11 Å². The van der Waals surface area contributed by atoms with Gasteiger partial charge in [0.05, 0.1) is 4.88 Å². The molecule has 17 heavy (non-hydrogen) atoms. The number of carboxylic acid groups (broad SMARTS) is 1. The van der Waals surface area contributed by atoms with Crippen molar-refractivity contribution in [2.75, 3.05) is 0 Å². The summed E-state index contributed by atoms with van der Waals surface area (Å²) >= 11 is 1.61. The lowest BCUT2D eigenvalue weighted by Gasteiger charge is -1.94. The van der Waals surface area contributed by atoms with Crippen LogP contribution in [0.3, 0.4) is 0 Å². The Balaban J connectivity index is 2.19. The fourth-order valence-corrected chi connectivity index (χ4v) is 2.47. The average Bonchev–Trinajstić information content (AvgIpc) is 2.94. The number of hydrogen-bond acceptors (Lipinski definition) is 3. The topological polar surface area (TPSA) is 59.5 Å². The molecule has 86 valence electrons. The predicted octanol–water partition coefficient (Wildman–Crippen LogP) is 2.10. The van der Waals surface area contributed by atoms with E-state index in [2.05, 4.69) is 4.98 Å². The molecule has 0 amide bonds. The average molecular weight is 247 g/mol. The molecule has 3 aromatic heterocycles. The van der Waals surface area contributed by atoms with Gasteiger partial charge in [0.2, 0.25) is 5.78 Å². The highest BCUT2D eigenvalue weighted by Crippen LogP contribution is 2.24. The van der Waals surface area contributed by atoms with E-state index in [9.17, 15) is 4.79 Å². The molecular weight excluding hydrogens is 238 g/mol. The number of thiophene rings is 1. The molecule has 0 radical (unpaired) electrons. The molecule has 0 aliphatic rings. The molecule has 0 bridgehead atoms. The quantitative estimate of drug-likeness (QED) is 0.754. The Hall–Kier alpha value is -2.08. The largest absolute Gasteiger partial charge is 0.477 e. The van der Waals surface area contributed by atoms with Crippen molar-refractivity contribution in [3.63, 3.8) is 0 Å². The summed E-state index contributed by atoms with van der Waals surface area (Å²) < 4.78 is 3.30. The molecule has 0 aliphatic carbocycles. The normalized spacial score (nSPS) is 11.1. The lowest BCUT2D eigenvalue weighted by molar-refractivity contribution is 0.0687. The first-order valence-electron chi connectivity index (χ1n) is 4.98. The number of aryl methyl sites for hydroxylation is 1. The highest BCUT2D eigenvalue weighted by molar-refractivity contribution is 7.13. The molecule has 0 aromatic carbocycles. The van der Waals surface area contributed by atoms with Crippen LogP contribution >= 0.6 is 11.3 Å². The standard InChI is InChI=1S/C11H9N3O2S/c1-13-8(10(15)16)6-14-5-7(12-11(13)14)9-3-2-4-17-9/h2-6H,1H3,(H,15,16). The molecule has 0 aliphatic heterocycles. The van der Waals surface area contributed by atoms with Crippen LogP contribution in [0.25, 0.3) is 16.3 Å². The second-order valence-corrected chi connectivity index (χ2v) is 4.64. The third kappa shape index (κ3) is 1.45. The number of fused-ring (bicyclic) bond motifs is 1. The number of aromatic carboxylic acids is 1. The van der Waals surface area contributed by atoms with Crippen molar-refractivity contribution in [3.8, 4) is 10.6 Å². The van der Waals surface area contributed by atoms with Gasteiger partial charge in [-0.15, -0.1) is 11.3 Å². The van der Waals surface area contributed by atoms with Crippen molar-refractivity contribution in [1.82, 2.24) is 14.0 Å². The summed E-state index contributed by atoms with van der Waals surface area (Å²) in [5, 5.41) is 11.0. The van der Waals surface area contributed by atoms with E-state index < -0.39 is 5.97 Å². The van der Waals surface area contributed by atoms with Gasteiger partial charge in [-0.3, -0.25) is 4.40 Å². The number of carbonyl (C=O) groups is 1. The SMILES string of the molecule is Cn1c(C(=O)O)cn2cc(-c3cccs3)nc12. The maximum atomic E-state index is 10.9. The Morgan fingerprint density at radius 2 is 2.29 bits per heavy atom. The van der Waals surface area contributed by atoms with Gasteiger partial charge >= 0.3 is 5.97 Å². The highest BCUT2D eigenvalue weighted by atomic mass is 32.1. The van der Waals surface area contributed by atoms with E-state index in [1.165, 1.54) is 0 Å². The summed E-state index contributed by atoms with van der Waals surface area (Å²) in [6, 6.07) is 3.96. The minimum atomic E-state index is -0.948. The van der Waals surface area contributed by atoms with Gasteiger partial charge in [0.25, 0.3) is 0 Å². The van der Waals surface area contributed by atoms with E-state index in [-0.39, 0.29) is 5.69 Å². The molecule has 0 fully saturated rings. The smallest absolute Gasteiger partial charge is 0.354 e. The molecule has 3 heterocycles. The molecule has 0 saturated carbocycles. The van der Waals surface area contributed by atoms with Crippen LogP contribution in [0, 0.1) is 0 Å². The Bertz CT molecular complexity index is 694. The van der Waals surface area contributed by atoms with Crippen LogP contribution in [-0.4, -0.2) is 25.0 Å². The molecule has 0 saturated heterocycles. The van der Waals surface area contributed by atoms with Crippen LogP contribution in [0.1, 0.15) is 10.5 Å². The van der Waals surface area contributed by atoms with Gasteiger partial charge in [0.1, 0.15) is 11.4 Å². The molecule has 1 N–H and O–H groups in total. The van der Waals surface area contributed by atoms with Gasteiger partial charge in [0, 0.05) is 19.4 Å². The zero-order valence-electron chi connectivity index (χ0n) is 8.99. The van der Waals surface area contributed by atoms with E-state index in [1.807, 2.05) is 23.7 Å². The van der Waals surface area contributed by atoms with E-state index in [0.29, 0.717) is 5.78 Å². The Labute approximate surface area is 101 Å².